The van der Waals surface area contributed by atoms with Gasteiger partial charge in [-0.15, -0.1) is 0 Å². The Hall–Kier alpha value is -1.77. The minimum atomic E-state index is -0.419. The molecule has 0 aliphatic heterocycles. The summed E-state index contributed by atoms with van der Waals surface area (Å²) in [7, 11) is 0. The van der Waals surface area contributed by atoms with Crippen LogP contribution in [0.2, 0.25) is 0 Å². The molecule has 1 heterocycles. The number of hydrogen-bond donors (Lipinski definition) is 0. The number of aromatic nitrogens is 1. The number of rotatable bonds is 2. The Labute approximate surface area is 93.5 Å². The Kier molecular flexibility index (Phi) is 2.26. The van der Waals surface area contributed by atoms with E-state index in [1.54, 1.807) is 19.3 Å². The molecule has 0 N–H and O–H groups in total. The molecule has 0 spiro atoms. The van der Waals surface area contributed by atoms with Crippen molar-refractivity contribution in [2.75, 3.05) is 0 Å². The fourth-order valence-electron chi connectivity index (χ4n) is 2.17. The second-order valence-electron chi connectivity index (χ2n) is 4.52. The molecule has 3 heteroatoms. The van der Waals surface area contributed by atoms with Crippen molar-refractivity contribution in [3.05, 3.63) is 61.7 Å². The molecule has 0 fully saturated rings. The second-order valence-corrected chi connectivity index (χ2v) is 4.52. The van der Waals surface area contributed by atoms with Crippen molar-refractivity contribution >= 4 is 0 Å². The van der Waals surface area contributed by atoms with Crippen molar-refractivity contribution in [3.8, 4) is 0 Å². The highest BCUT2D eigenvalue weighted by Gasteiger charge is 2.32. The van der Waals surface area contributed by atoms with Gasteiger partial charge in [0.2, 0.25) is 10.9 Å². The van der Waals surface area contributed by atoms with Crippen LogP contribution >= 0.6 is 0 Å². The Balaban J connectivity index is 2.58. The summed E-state index contributed by atoms with van der Waals surface area (Å²) in [5.41, 5.74) is 1.10. The van der Waals surface area contributed by atoms with Crippen LogP contribution in [0.4, 0.5) is 0 Å². The first-order valence-electron chi connectivity index (χ1n) is 5.17. The number of nitrogens with zero attached hydrogens (tertiary/aromatic N) is 1. The van der Waals surface area contributed by atoms with Gasteiger partial charge >= 0.3 is 0 Å². The maximum atomic E-state index is 11.6. The van der Waals surface area contributed by atoms with E-state index in [1.807, 2.05) is 26.0 Å². The van der Waals surface area contributed by atoms with Crippen molar-refractivity contribution in [3.63, 3.8) is 0 Å². The van der Waals surface area contributed by atoms with Gasteiger partial charge in [0.05, 0.1) is 0 Å². The molecule has 1 aromatic carbocycles. The SMILES string of the molecule is Cc1c(C(C)(C)c2ccncc2)c(=O)c1=O. The Morgan fingerprint density at radius 3 is 2.12 bits per heavy atom. The molecule has 3 nitrogen and oxygen atoms in total. The van der Waals surface area contributed by atoms with Crippen molar-refractivity contribution in [2.24, 2.45) is 0 Å². The molecule has 2 rings (SSSR count). The monoisotopic (exact) mass is 215 g/mol. The molecule has 0 unspecified atom stereocenters. The van der Waals surface area contributed by atoms with E-state index in [1.165, 1.54) is 0 Å². The van der Waals surface area contributed by atoms with Crippen LogP contribution in [-0.4, -0.2) is 4.98 Å². The average Bonchev–Trinajstić information content (AvgIpc) is 2.29. The molecule has 0 aliphatic carbocycles. The van der Waals surface area contributed by atoms with Crippen LogP contribution in [0.5, 0.6) is 0 Å². The lowest BCUT2D eigenvalue weighted by molar-refractivity contribution is 0.619. The summed E-state index contributed by atoms with van der Waals surface area (Å²) in [6.45, 7) is 5.61. The zero-order chi connectivity index (χ0) is 11.9. The summed E-state index contributed by atoms with van der Waals surface area (Å²) < 4.78 is 0. The molecule has 16 heavy (non-hydrogen) atoms. The van der Waals surface area contributed by atoms with Crippen molar-refractivity contribution in [1.82, 2.24) is 4.98 Å². The Morgan fingerprint density at radius 2 is 1.62 bits per heavy atom. The van der Waals surface area contributed by atoms with E-state index in [4.69, 9.17) is 0 Å². The molecular formula is C13H13NO2. The Bertz CT molecular complexity index is 590. The van der Waals surface area contributed by atoms with Gasteiger partial charge < -0.3 is 0 Å². The molecule has 0 saturated heterocycles. The molecule has 1 aromatic heterocycles. The molecule has 0 saturated carbocycles. The molecule has 0 amide bonds. The zero-order valence-corrected chi connectivity index (χ0v) is 9.57. The van der Waals surface area contributed by atoms with E-state index < -0.39 is 5.41 Å². The fraction of sp³-hybridized carbons (Fsp3) is 0.308. The number of hydrogen-bond acceptors (Lipinski definition) is 3. The third-order valence-electron chi connectivity index (χ3n) is 3.18. The second kappa shape index (κ2) is 3.37. The summed E-state index contributed by atoms with van der Waals surface area (Å²) >= 11 is 0. The normalized spacial score (nSPS) is 11.9. The van der Waals surface area contributed by atoms with Gasteiger partial charge in [-0.2, -0.15) is 0 Å². The van der Waals surface area contributed by atoms with Crippen LogP contribution in [0.15, 0.2) is 34.1 Å². The molecule has 82 valence electrons. The maximum absolute atomic E-state index is 11.6. The smallest absolute Gasteiger partial charge is 0.230 e. The number of pyridine rings is 1. The van der Waals surface area contributed by atoms with E-state index in [2.05, 4.69) is 4.98 Å². The highest BCUT2D eigenvalue weighted by Crippen LogP contribution is 2.30. The molecular weight excluding hydrogens is 202 g/mol. The quantitative estimate of drug-likeness (QED) is 0.710. The summed E-state index contributed by atoms with van der Waals surface area (Å²) in [4.78, 5) is 26.7. The van der Waals surface area contributed by atoms with Gasteiger partial charge in [-0.05, 0) is 24.6 Å². The lowest BCUT2D eigenvalue weighted by Crippen LogP contribution is -2.44. The van der Waals surface area contributed by atoms with Crippen molar-refractivity contribution in [1.29, 1.82) is 0 Å². The summed E-state index contributed by atoms with van der Waals surface area (Å²) in [5.74, 6) is 0. The van der Waals surface area contributed by atoms with Crippen LogP contribution in [-0.2, 0) is 5.41 Å². The minimum Gasteiger partial charge on any atom is -0.285 e. The van der Waals surface area contributed by atoms with Gasteiger partial charge in [-0.1, -0.05) is 13.8 Å². The van der Waals surface area contributed by atoms with E-state index in [9.17, 15) is 9.59 Å². The molecule has 0 bridgehead atoms. The van der Waals surface area contributed by atoms with Crippen LogP contribution in [0.25, 0.3) is 0 Å². The fourth-order valence-corrected chi connectivity index (χ4v) is 2.17. The highest BCUT2D eigenvalue weighted by molar-refractivity contribution is 5.44. The van der Waals surface area contributed by atoms with Gasteiger partial charge in [0.1, 0.15) is 0 Å². The molecule has 0 radical (unpaired) electrons. The molecule has 0 atom stereocenters. The zero-order valence-electron chi connectivity index (χ0n) is 9.57. The van der Waals surface area contributed by atoms with Crippen molar-refractivity contribution < 1.29 is 0 Å². The van der Waals surface area contributed by atoms with Gasteiger partial charge in [0, 0.05) is 28.9 Å². The lowest BCUT2D eigenvalue weighted by Gasteiger charge is -2.27. The summed E-state index contributed by atoms with van der Waals surface area (Å²) in [5, 5.41) is 0. The lowest BCUT2D eigenvalue weighted by atomic mass is 9.74. The summed E-state index contributed by atoms with van der Waals surface area (Å²) in [6, 6.07) is 3.74. The third-order valence-corrected chi connectivity index (χ3v) is 3.18. The maximum Gasteiger partial charge on any atom is 0.230 e. The Morgan fingerprint density at radius 1 is 1.06 bits per heavy atom. The van der Waals surface area contributed by atoms with Crippen LogP contribution in [0.3, 0.4) is 0 Å². The third kappa shape index (κ3) is 1.32. The van der Waals surface area contributed by atoms with Crippen LogP contribution in [0.1, 0.15) is 30.5 Å². The first-order chi connectivity index (χ1) is 7.46. The van der Waals surface area contributed by atoms with E-state index >= 15 is 0 Å². The minimum absolute atomic E-state index is 0.348. The standard InChI is InChI=1S/C13H13NO2/c1-8-10(12(16)11(8)15)13(2,3)9-4-6-14-7-5-9/h4-7H,1-3H3. The van der Waals surface area contributed by atoms with Gasteiger partial charge in [-0.3, -0.25) is 14.6 Å². The topological polar surface area (TPSA) is 47.0 Å². The van der Waals surface area contributed by atoms with Gasteiger partial charge in [-0.25, -0.2) is 0 Å². The van der Waals surface area contributed by atoms with E-state index in [0.29, 0.717) is 11.1 Å². The largest absolute Gasteiger partial charge is 0.285 e. The first-order valence-corrected chi connectivity index (χ1v) is 5.17. The summed E-state index contributed by atoms with van der Waals surface area (Å²) in [6.07, 6.45) is 3.38. The van der Waals surface area contributed by atoms with Crippen molar-refractivity contribution in [2.45, 2.75) is 26.2 Å². The van der Waals surface area contributed by atoms with E-state index in [-0.39, 0.29) is 10.9 Å². The molecule has 2 aromatic rings. The van der Waals surface area contributed by atoms with Gasteiger partial charge in [0.25, 0.3) is 0 Å². The molecule has 0 aliphatic rings. The van der Waals surface area contributed by atoms with Gasteiger partial charge in [0.15, 0.2) is 0 Å². The van der Waals surface area contributed by atoms with Crippen LogP contribution < -0.4 is 10.9 Å². The van der Waals surface area contributed by atoms with E-state index in [0.717, 1.165) is 5.56 Å². The predicted molar refractivity (Wildman–Crippen MR) is 62.5 cm³/mol. The first kappa shape index (κ1) is 10.7. The van der Waals surface area contributed by atoms with Crippen LogP contribution in [0, 0.1) is 6.92 Å². The average molecular weight is 215 g/mol. The highest BCUT2D eigenvalue weighted by atomic mass is 16.2. The predicted octanol–water partition coefficient (Wildman–Crippen LogP) is 1.31.